The Labute approximate surface area is 144 Å². The number of carbonyl (C=O) groups excluding carboxylic acids is 1. The molecule has 2 bridgehead atoms. The van der Waals surface area contributed by atoms with Gasteiger partial charge in [0.05, 0.1) is 5.60 Å². The lowest BCUT2D eigenvalue weighted by molar-refractivity contribution is -0.154. The Morgan fingerprint density at radius 2 is 2.04 bits per heavy atom. The van der Waals surface area contributed by atoms with Crippen molar-refractivity contribution in [3.05, 3.63) is 35.4 Å². The van der Waals surface area contributed by atoms with Crippen molar-refractivity contribution < 1.29 is 9.90 Å². The van der Waals surface area contributed by atoms with E-state index in [1.54, 1.807) is 0 Å². The third-order valence-corrected chi connectivity index (χ3v) is 7.29. The van der Waals surface area contributed by atoms with Crippen LogP contribution in [0.2, 0.25) is 0 Å². The molecule has 5 rings (SSSR count). The predicted octanol–water partition coefficient (Wildman–Crippen LogP) is 2.84. The highest BCUT2D eigenvalue weighted by molar-refractivity contribution is 5.81. The van der Waals surface area contributed by atoms with Crippen molar-refractivity contribution >= 4 is 5.78 Å². The summed E-state index contributed by atoms with van der Waals surface area (Å²) in [5.41, 5.74) is 1.55. The maximum atomic E-state index is 12.5. The summed E-state index contributed by atoms with van der Waals surface area (Å²) >= 11 is 0. The van der Waals surface area contributed by atoms with Crippen LogP contribution in [0.4, 0.5) is 0 Å². The third-order valence-electron chi connectivity index (χ3n) is 7.29. The number of Topliss-reactive ketones (excluding diaryl/α,β-unsaturated/α-hetero) is 1. The molecule has 4 aliphatic rings. The molecular weight excluding hydrogens is 298 g/mol. The summed E-state index contributed by atoms with van der Waals surface area (Å²) in [4.78, 5) is 15.1. The lowest BCUT2D eigenvalue weighted by Crippen LogP contribution is -2.71. The maximum Gasteiger partial charge on any atom is 0.133 e. The zero-order valence-electron chi connectivity index (χ0n) is 14.3. The van der Waals surface area contributed by atoms with Gasteiger partial charge in [-0.3, -0.25) is 9.69 Å². The first-order valence-corrected chi connectivity index (χ1v) is 9.69. The molecule has 0 radical (unpaired) electrons. The van der Waals surface area contributed by atoms with E-state index in [2.05, 4.69) is 29.2 Å². The minimum atomic E-state index is -0.735. The zero-order valence-corrected chi connectivity index (χ0v) is 14.3. The summed E-state index contributed by atoms with van der Waals surface area (Å²) in [6, 6.07) is 8.79. The zero-order chi connectivity index (χ0) is 16.4. The Bertz CT molecular complexity index is 682. The molecule has 3 nitrogen and oxygen atoms in total. The van der Waals surface area contributed by atoms with Gasteiger partial charge in [-0.1, -0.05) is 24.3 Å². The van der Waals surface area contributed by atoms with Crippen LogP contribution in [0.15, 0.2) is 24.3 Å². The summed E-state index contributed by atoms with van der Waals surface area (Å²) in [7, 11) is 0. The van der Waals surface area contributed by atoms with Gasteiger partial charge in [-0.15, -0.1) is 0 Å². The van der Waals surface area contributed by atoms with E-state index < -0.39 is 5.60 Å². The average Bonchev–Trinajstić information content (AvgIpc) is 3.37. The second-order valence-electron chi connectivity index (χ2n) is 8.64. The highest BCUT2D eigenvalue weighted by atomic mass is 16.3. The minimum Gasteiger partial charge on any atom is -0.387 e. The van der Waals surface area contributed by atoms with Crippen LogP contribution < -0.4 is 0 Å². The van der Waals surface area contributed by atoms with Gasteiger partial charge in [0.1, 0.15) is 5.78 Å². The third kappa shape index (κ3) is 2.01. The van der Waals surface area contributed by atoms with Crippen LogP contribution in [0.5, 0.6) is 0 Å². The van der Waals surface area contributed by atoms with E-state index in [1.165, 1.54) is 24.0 Å². The molecule has 3 atom stereocenters. The molecule has 3 aliphatic carbocycles. The number of hydrogen-bond donors (Lipinski definition) is 1. The first kappa shape index (κ1) is 15.1. The van der Waals surface area contributed by atoms with Crippen molar-refractivity contribution in [2.45, 2.75) is 68.4 Å². The van der Waals surface area contributed by atoms with Crippen LogP contribution in [0.1, 0.15) is 56.1 Å². The minimum absolute atomic E-state index is 0.188. The van der Waals surface area contributed by atoms with Gasteiger partial charge < -0.3 is 5.11 Å². The van der Waals surface area contributed by atoms with Crippen molar-refractivity contribution in [1.29, 1.82) is 0 Å². The van der Waals surface area contributed by atoms with Crippen LogP contribution >= 0.6 is 0 Å². The van der Waals surface area contributed by atoms with Gasteiger partial charge in [0, 0.05) is 30.8 Å². The van der Waals surface area contributed by atoms with Gasteiger partial charge in [-0.2, -0.15) is 0 Å². The molecule has 0 amide bonds. The molecular formula is C21H27NO2. The smallest absolute Gasteiger partial charge is 0.133 e. The van der Waals surface area contributed by atoms with Crippen molar-refractivity contribution in [3.8, 4) is 0 Å². The standard InChI is InChI=1S/C21H27NO2/c23-17-5-3-9-21(24)19-12-16-4-1-2-6-18(16)20(21,13-17)10-11-22(19)14-15-7-8-15/h1-2,4,6,15,19,24H,3,5,7-14H2/t19-,20-,21-/m1/s1. The van der Waals surface area contributed by atoms with Gasteiger partial charge in [-0.05, 0) is 62.1 Å². The number of likely N-dealkylation sites (tertiary alicyclic amines) is 1. The molecule has 1 saturated heterocycles. The first-order chi connectivity index (χ1) is 11.6. The number of aliphatic hydroxyl groups is 1. The summed E-state index contributed by atoms with van der Waals surface area (Å²) < 4.78 is 0. The van der Waals surface area contributed by atoms with E-state index in [0.29, 0.717) is 18.6 Å². The molecule has 1 N–H and O–H groups in total. The van der Waals surface area contributed by atoms with E-state index in [9.17, 15) is 9.90 Å². The summed E-state index contributed by atoms with van der Waals surface area (Å²) in [6.07, 6.45) is 7.36. The predicted molar refractivity (Wildman–Crippen MR) is 93.0 cm³/mol. The van der Waals surface area contributed by atoms with Gasteiger partial charge in [0.25, 0.3) is 0 Å². The molecule has 1 heterocycles. The highest BCUT2D eigenvalue weighted by Gasteiger charge is 2.63. The quantitative estimate of drug-likeness (QED) is 0.909. The summed E-state index contributed by atoms with van der Waals surface area (Å²) in [6.45, 7) is 2.17. The van der Waals surface area contributed by atoms with Crippen molar-refractivity contribution in [3.63, 3.8) is 0 Å². The lowest BCUT2D eigenvalue weighted by atomic mass is 9.52. The molecule has 0 aromatic heterocycles. The number of nitrogens with zero attached hydrogens (tertiary/aromatic N) is 1. The van der Waals surface area contributed by atoms with Crippen LogP contribution in [-0.4, -0.2) is 40.5 Å². The Kier molecular flexibility index (Phi) is 3.24. The monoisotopic (exact) mass is 325 g/mol. The number of rotatable bonds is 2. The molecule has 24 heavy (non-hydrogen) atoms. The number of ketones is 1. The number of piperidine rings is 1. The summed E-state index contributed by atoms with van der Waals surface area (Å²) in [5, 5.41) is 12.0. The Morgan fingerprint density at radius 1 is 1.21 bits per heavy atom. The molecule has 2 saturated carbocycles. The molecule has 3 fully saturated rings. The summed E-state index contributed by atoms with van der Waals surface area (Å²) in [5.74, 6) is 1.18. The molecule has 0 unspecified atom stereocenters. The van der Waals surface area contributed by atoms with Crippen LogP contribution in [-0.2, 0) is 16.6 Å². The van der Waals surface area contributed by atoms with Gasteiger partial charge in [0.2, 0.25) is 0 Å². The second-order valence-corrected chi connectivity index (χ2v) is 8.64. The fraction of sp³-hybridized carbons (Fsp3) is 0.667. The van der Waals surface area contributed by atoms with Gasteiger partial charge >= 0.3 is 0 Å². The SMILES string of the molecule is O=C1CCC[C@@]2(O)[C@H]3Cc4ccccc4[C@@]2(CCN3CC2CC2)C1. The van der Waals surface area contributed by atoms with E-state index in [0.717, 1.165) is 44.7 Å². The average molecular weight is 325 g/mol. The Morgan fingerprint density at radius 3 is 2.88 bits per heavy atom. The Balaban J connectivity index is 1.65. The number of fused-ring (bicyclic) bond motifs is 1. The molecule has 1 aliphatic heterocycles. The molecule has 1 aromatic rings. The maximum absolute atomic E-state index is 12.5. The molecule has 0 spiro atoms. The van der Waals surface area contributed by atoms with E-state index >= 15 is 0 Å². The topological polar surface area (TPSA) is 40.5 Å². The largest absolute Gasteiger partial charge is 0.387 e. The highest BCUT2D eigenvalue weighted by Crippen LogP contribution is 2.56. The van der Waals surface area contributed by atoms with E-state index in [4.69, 9.17) is 0 Å². The van der Waals surface area contributed by atoms with E-state index in [1.807, 2.05) is 0 Å². The second kappa shape index (κ2) is 5.15. The lowest BCUT2D eigenvalue weighted by Gasteiger charge is -2.61. The molecule has 1 aromatic carbocycles. The first-order valence-electron chi connectivity index (χ1n) is 9.69. The van der Waals surface area contributed by atoms with Crippen LogP contribution in [0.25, 0.3) is 0 Å². The van der Waals surface area contributed by atoms with Gasteiger partial charge in [-0.25, -0.2) is 0 Å². The normalized spacial score (nSPS) is 39.0. The van der Waals surface area contributed by atoms with Crippen molar-refractivity contribution in [1.82, 2.24) is 4.90 Å². The molecule has 128 valence electrons. The fourth-order valence-electron chi connectivity index (χ4n) is 5.94. The fourth-order valence-corrected chi connectivity index (χ4v) is 5.94. The Hall–Kier alpha value is -1.19. The van der Waals surface area contributed by atoms with Crippen molar-refractivity contribution in [2.24, 2.45) is 5.92 Å². The van der Waals surface area contributed by atoms with Crippen molar-refractivity contribution in [2.75, 3.05) is 13.1 Å². The van der Waals surface area contributed by atoms with Gasteiger partial charge in [0.15, 0.2) is 0 Å². The number of hydrogen-bond acceptors (Lipinski definition) is 3. The van der Waals surface area contributed by atoms with Crippen LogP contribution in [0.3, 0.4) is 0 Å². The van der Waals surface area contributed by atoms with E-state index in [-0.39, 0.29) is 11.5 Å². The molecule has 3 heteroatoms. The van der Waals surface area contributed by atoms with Crippen LogP contribution in [0, 0.1) is 5.92 Å². The number of benzene rings is 1. The number of carbonyl (C=O) groups is 1.